The Balaban J connectivity index is 1.69. The Morgan fingerprint density at radius 2 is 1.62 bits per heavy atom. The summed E-state index contributed by atoms with van der Waals surface area (Å²) in [5, 5.41) is 2.87. The summed E-state index contributed by atoms with van der Waals surface area (Å²) in [5.74, 6) is -0.149. The van der Waals surface area contributed by atoms with Crippen LogP contribution in [0.5, 0.6) is 0 Å². The van der Waals surface area contributed by atoms with Crippen molar-refractivity contribution in [1.29, 1.82) is 0 Å². The summed E-state index contributed by atoms with van der Waals surface area (Å²) in [6.45, 7) is 4.13. The van der Waals surface area contributed by atoms with Crippen molar-refractivity contribution in [3.8, 4) is 0 Å². The van der Waals surface area contributed by atoms with Crippen molar-refractivity contribution in [2.45, 2.75) is 38.8 Å². The predicted molar refractivity (Wildman–Crippen MR) is 93.4 cm³/mol. The number of hydrogen-bond acceptors (Lipinski definition) is 2. The van der Waals surface area contributed by atoms with Gasteiger partial charge < -0.3 is 5.32 Å². The number of carbonyl (C=O) groups is 2. The van der Waals surface area contributed by atoms with E-state index < -0.39 is 5.54 Å². The van der Waals surface area contributed by atoms with Crippen molar-refractivity contribution in [3.63, 3.8) is 0 Å². The van der Waals surface area contributed by atoms with Gasteiger partial charge in [-0.2, -0.15) is 0 Å². The fourth-order valence-electron chi connectivity index (χ4n) is 2.98. The molecule has 4 nitrogen and oxygen atoms in total. The first-order valence-electron chi connectivity index (χ1n) is 8.21. The van der Waals surface area contributed by atoms with Crippen LogP contribution in [0.1, 0.15) is 30.0 Å². The van der Waals surface area contributed by atoms with Crippen LogP contribution < -0.4 is 5.32 Å². The number of hydrogen-bond donors (Lipinski definition) is 1. The second-order valence-electron chi connectivity index (χ2n) is 6.62. The number of nitrogens with zero attached hydrogens (tertiary/aromatic N) is 1. The van der Waals surface area contributed by atoms with Gasteiger partial charge in [0.1, 0.15) is 5.54 Å². The lowest BCUT2D eigenvalue weighted by molar-refractivity contribution is -0.131. The average Bonchev–Trinajstić information content (AvgIpc) is 2.80. The van der Waals surface area contributed by atoms with Gasteiger partial charge in [-0.25, -0.2) is 4.79 Å². The second-order valence-corrected chi connectivity index (χ2v) is 6.62. The van der Waals surface area contributed by atoms with Crippen molar-refractivity contribution in [3.05, 3.63) is 71.3 Å². The summed E-state index contributed by atoms with van der Waals surface area (Å²) >= 11 is 0. The fourth-order valence-corrected chi connectivity index (χ4v) is 2.98. The summed E-state index contributed by atoms with van der Waals surface area (Å²) in [5.41, 5.74) is 2.44. The molecule has 1 heterocycles. The number of imide groups is 1. The molecule has 0 spiro atoms. The number of benzene rings is 2. The minimum absolute atomic E-state index is 0.149. The first-order chi connectivity index (χ1) is 11.5. The molecule has 24 heavy (non-hydrogen) atoms. The molecular formula is C20H22N2O2. The van der Waals surface area contributed by atoms with Crippen LogP contribution in [-0.2, 0) is 17.8 Å². The standard InChI is InChI=1S/C20H22N2O2/c1-15-8-10-17(11-9-15)14-22-18(23)20(2,21-19(22)24)13-12-16-6-4-3-5-7-16/h3-11H,12-14H2,1-2H3,(H,21,24)/t20-/m1/s1. The Morgan fingerprint density at radius 1 is 0.958 bits per heavy atom. The highest BCUT2D eigenvalue weighted by Gasteiger charge is 2.47. The maximum Gasteiger partial charge on any atom is 0.325 e. The predicted octanol–water partition coefficient (Wildman–Crippen LogP) is 3.44. The van der Waals surface area contributed by atoms with E-state index in [1.54, 1.807) is 0 Å². The molecule has 0 radical (unpaired) electrons. The Morgan fingerprint density at radius 3 is 2.29 bits per heavy atom. The van der Waals surface area contributed by atoms with Gasteiger partial charge in [0.05, 0.1) is 6.54 Å². The summed E-state index contributed by atoms with van der Waals surface area (Å²) in [7, 11) is 0. The van der Waals surface area contributed by atoms with Crippen molar-refractivity contribution >= 4 is 11.9 Å². The molecule has 1 aliphatic heterocycles. The van der Waals surface area contributed by atoms with Crippen LogP contribution in [0, 0.1) is 6.92 Å². The molecule has 0 saturated carbocycles. The van der Waals surface area contributed by atoms with Gasteiger partial charge in [0.25, 0.3) is 5.91 Å². The van der Waals surface area contributed by atoms with Crippen molar-refractivity contribution in [2.75, 3.05) is 0 Å². The lowest BCUT2D eigenvalue weighted by Crippen LogP contribution is -2.44. The minimum Gasteiger partial charge on any atom is -0.323 e. The molecule has 1 aliphatic rings. The first-order valence-corrected chi connectivity index (χ1v) is 8.21. The van der Waals surface area contributed by atoms with Crippen LogP contribution in [0.3, 0.4) is 0 Å². The largest absolute Gasteiger partial charge is 0.325 e. The summed E-state index contributed by atoms with van der Waals surface area (Å²) < 4.78 is 0. The Bertz CT molecular complexity index is 740. The van der Waals surface area contributed by atoms with Gasteiger partial charge >= 0.3 is 6.03 Å². The molecule has 2 aromatic rings. The lowest BCUT2D eigenvalue weighted by atomic mass is 9.93. The van der Waals surface area contributed by atoms with Crippen LogP contribution >= 0.6 is 0 Å². The minimum atomic E-state index is -0.836. The van der Waals surface area contributed by atoms with Gasteiger partial charge in [0, 0.05) is 0 Å². The molecule has 1 N–H and O–H groups in total. The average molecular weight is 322 g/mol. The SMILES string of the molecule is Cc1ccc(CN2C(=O)N[C@](C)(CCc3ccccc3)C2=O)cc1. The quantitative estimate of drug-likeness (QED) is 0.857. The lowest BCUT2D eigenvalue weighted by Gasteiger charge is -2.21. The van der Waals surface area contributed by atoms with Gasteiger partial charge in [0.15, 0.2) is 0 Å². The van der Waals surface area contributed by atoms with E-state index in [0.717, 1.165) is 23.1 Å². The maximum absolute atomic E-state index is 12.8. The molecule has 0 aliphatic carbocycles. The van der Waals surface area contributed by atoms with Crippen LogP contribution in [0.4, 0.5) is 4.79 Å². The van der Waals surface area contributed by atoms with Crippen LogP contribution in [0.15, 0.2) is 54.6 Å². The Kier molecular flexibility index (Phi) is 4.38. The van der Waals surface area contributed by atoms with Crippen molar-refractivity contribution in [1.82, 2.24) is 10.2 Å². The smallest absolute Gasteiger partial charge is 0.323 e. The van der Waals surface area contributed by atoms with Gasteiger partial charge in [-0.3, -0.25) is 9.69 Å². The molecule has 2 aromatic carbocycles. The molecule has 1 atom stereocenters. The van der Waals surface area contributed by atoms with E-state index in [9.17, 15) is 9.59 Å². The Hall–Kier alpha value is -2.62. The van der Waals surface area contributed by atoms with Gasteiger partial charge in [-0.05, 0) is 37.8 Å². The van der Waals surface area contributed by atoms with Crippen molar-refractivity contribution < 1.29 is 9.59 Å². The zero-order valence-electron chi connectivity index (χ0n) is 14.1. The number of urea groups is 1. The van der Waals surface area contributed by atoms with E-state index in [0.29, 0.717) is 13.0 Å². The molecular weight excluding hydrogens is 300 g/mol. The van der Waals surface area contributed by atoms with E-state index in [1.807, 2.05) is 68.4 Å². The molecule has 1 saturated heterocycles. The van der Waals surface area contributed by atoms with Crippen LogP contribution in [0.25, 0.3) is 0 Å². The monoisotopic (exact) mass is 322 g/mol. The maximum atomic E-state index is 12.8. The third-order valence-electron chi connectivity index (χ3n) is 4.56. The highest BCUT2D eigenvalue weighted by molar-refractivity contribution is 6.06. The summed E-state index contributed by atoms with van der Waals surface area (Å²) in [6, 6.07) is 17.6. The third kappa shape index (κ3) is 3.32. The molecule has 1 fully saturated rings. The van der Waals surface area contributed by atoms with Gasteiger partial charge in [-0.1, -0.05) is 60.2 Å². The second kappa shape index (κ2) is 6.48. The first kappa shape index (κ1) is 16.2. The zero-order valence-corrected chi connectivity index (χ0v) is 14.1. The number of carbonyl (C=O) groups excluding carboxylic acids is 2. The zero-order chi connectivity index (χ0) is 17.2. The number of rotatable bonds is 5. The molecule has 0 bridgehead atoms. The van der Waals surface area contributed by atoms with Crippen molar-refractivity contribution in [2.24, 2.45) is 0 Å². The van der Waals surface area contributed by atoms with E-state index >= 15 is 0 Å². The molecule has 124 valence electrons. The molecule has 0 aromatic heterocycles. The third-order valence-corrected chi connectivity index (χ3v) is 4.56. The van der Waals surface area contributed by atoms with E-state index in [-0.39, 0.29) is 11.9 Å². The van der Waals surface area contributed by atoms with Crippen LogP contribution in [-0.4, -0.2) is 22.4 Å². The Labute approximate surface area is 142 Å². The fraction of sp³-hybridized carbons (Fsp3) is 0.300. The van der Waals surface area contributed by atoms with E-state index in [1.165, 1.54) is 4.90 Å². The molecule has 3 amide bonds. The van der Waals surface area contributed by atoms with E-state index in [2.05, 4.69) is 5.32 Å². The van der Waals surface area contributed by atoms with Gasteiger partial charge in [-0.15, -0.1) is 0 Å². The summed E-state index contributed by atoms with van der Waals surface area (Å²) in [4.78, 5) is 26.4. The van der Waals surface area contributed by atoms with Gasteiger partial charge in [0.2, 0.25) is 0 Å². The molecule has 3 rings (SSSR count). The number of aryl methyl sites for hydroxylation is 2. The molecule has 0 unspecified atom stereocenters. The normalized spacial score (nSPS) is 20.3. The van der Waals surface area contributed by atoms with E-state index in [4.69, 9.17) is 0 Å². The topological polar surface area (TPSA) is 49.4 Å². The highest BCUT2D eigenvalue weighted by atomic mass is 16.2. The highest BCUT2D eigenvalue weighted by Crippen LogP contribution is 2.24. The summed E-state index contributed by atoms with van der Waals surface area (Å²) in [6.07, 6.45) is 1.34. The number of nitrogens with one attached hydrogen (secondary N) is 1. The molecule has 4 heteroatoms. The number of amides is 3. The van der Waals surface area contributed by atoms with Crippen LogP contribution in [0.2, 0.25) is 0 Å².